The third-order valence-corrected chi connectivity index (χ3v) is 8.85. The number of carbonyl (C=O) groups is 2. The van der Waals surface area contributed by atoms with Crippen LogP contribution in [0, 0.1) is 0 Å². The van der Waals surface area contributed by atoms with Crippen molar-refractivity contribution < 1.29 is 29.4 Å². The van der Waals surface area contributed by atoms with Gasteiger partial charge in [-0.25, -0.2) is 5.48 Å². The van der Waals surface area contributed by atoms with Crippen LogP contribution in [0.5, 0.6) is 0 Å². The van der Waals surface area contributed by atoms with Crippen molar-refractivity contribution >= 4 is 11.8 Å². The lowest BCUT2D eigenvalue weighted by molar-refractivity contribution is -0.252. The molecule has 5 rings (SSSR count). The molecule has 258 valence electrons. The molecule has 0 bridgehead atoms. The minimum atomic E-state index is -0.548. The Labute approximate surface area is 288 Å². The van der Waals surface area contributed by atoms with Crippen molar-refractivity contribution in [2.45, 2.75) is 76.7 Å². The predicted octanol–water partition coefficient (Wildman–Crippen LogP) is 6.60. The van der Waals surface area contributed by atoms with Crippen LogP contribution in [0.15, 0.2) is 103 Å². The summed E-state index contributed by atoms with van der Waals surface area (Å²) in [7, 11) is 2.11. The molecule has 49 heavy (non-hydrogen) atoms. The van der Waals surface area contributed by atoms with Gasteiger partial charge in [0.25, 0.3) is 0 Å². The molecule has 3 unspecified atom stereocenters. The van der Waals surface area contributed by atoms with Gasteiger partial charge in [-0.2, -0.15) is 0 Å². The van der Waals surface area contributed by atoms with Crippen LogP contribution < -0.4 is 10.8 Å². The lowest BCUT2D eigenvalue weighted by atomic mass is 9.97. The maximum Gasteiger partial charge on any atom is 0.243 e. The van der Waals surface area contributed by atoms with Crippen LogP contribution in [0.4, 0.5) is 0 Å². The van der Waals surface area contributed by atoms with Gasteiger partial charge in [0.15, 0.2) is 6.29 Å². The molecule has 9 heteroatoms. The standard InChI is InChI=1S/C40H47N3O6/c1-43(26-29-10-4-2-5-11-29)27-35-24-37(32-18-16-30(28-44)17-19-32)49-40(48-35)33-22-20-31(21-23-33)36-13-9-8-12-34(36)25-41-38(45)14-6-3-7-15-39(46)42-47/h2,4-5,8-13,16-23,35,37,40,44,47H,3,6-7,14-15,24-28H2,1H3,(H,41,45)(H,42,46). The van der Waals surface area contributed by atoms with Crippen LogP contribution in [-0.2, 0) is 38.8 Å². The number of hydrogen-bond acceptors (Lipinski definition) is 7. The summed E-state index contributed by atoms with van der Waals surface area (Å²) in [5, 5.41) is 21.2. The van der Waals surface area contributed by atoms with Gasteiger partial charge in [-0.3, -0.25) is 19.7 Å². The Morgan fingerprint density at radius 3 is 2.16 bits per heavy atom. The fourth-order valence-electron chi connectivity index (χ4n) is 6.20. The van der Waals surface area contributed by atoms with E-state index < -0.39 is 12.2 Å². The molecule has 4 aromatic rings. The molecule has 4 aromatic carbocycles. The predicted molar refractivity (Wildman–Crippen MR) is 188 cm³/mol. The fraction of sp³-hybridized carbons (Fsp3) is 0.350. The van der Waals surface area contributed by atoms with Gasteiger partial charge in [-0.05, 0) is 53.3 Å². The molecule has 0 aliphatic carbocycles. The number of aliphatic hydroxyl groups is 1. The van der Waals surface area contributed by atoms with Crippen LogP contribution in [0.1, 0.15) is 78.7 Å². The molecule has 0 spiro atoms. The van der Waals surface area contributed by atoms with Gasteiger partial charge in [0, 0.05) is 44.5 Å². The van der Waals surface area contributed by atoms with E-state index in [1.165, 1.54) is 5.56 Å². The highest BCUT2D eigenvalue weighted by Gasteiger charge is 2.33. The molecule has 1 fully saturated rings. The van der Waals surface area contributed by atoms with Crippen molar-refractivity contribution in [1.82, 2.24) is 15.7 Å². The van der Waals surface area contributed by atoms with Gasteiger partial charge in [-0.15, -0.1) is 0 Å². The van der Waals surface area contributed by atoms with E-state index >= 15 is 0 Å². The summed E-state index contributed by atoms with van der Waals surface area (Å²) in [4.78, 5) is 25.9. The number of hydroxylamine groups is 1. The summed E-state index contributed by atoms with van der Waals surface area (Å²) in [5.41, 5.74) is 8.82. The first-order chi connectivity index (χ1) is 23.9. The van der Waals surface area contributed by atoms with Gasteiger partial charge in [-0.1, -0.05) is 110 Å². The summed E-state index contributed by atoms with van der Waals surface area (Å²) in [5.74, 6) is -0.443. The first-order valence-electron chi connectivity index (χ1n) is 17.0. The van der Waals surface area contributed by atoms with Gasteiger partial charge in [0.05, 0.1) is 18.8 Å². The third kappa shape index (κ3) is 10.8. The van der Waals surface area contributed by atoms with Crippen molar-refractivity contribution in [2.75, 3.05) is 13.6 Å². The largest absolute Gasteiger partial charge is 0.392 e. The zero-order valence-electron chi connectivity index (χ0n) is 28.1. The second-order valence-electron chi connectivity index (χ2n) is 12.7. The minimum Gasteiger partial charge on any atom is -0.392 e. The number of nitrogens with one attached hydrogen (secondary N) is 2. The monoisotopic (exact) mass is 665 g/mol. The zero-order chi connectivity index (χ0) is 34.4. The third-order valence-electron chi connectivity index (χ3n) is 8.85. The Hall–Kier alpha value is -4.38. The van der Waals surface area contributed by atoms with Crippen molar-refractivity contribution in [3.8, 4) is 11.1 Å². The topological polar surface area (TPSA) is 120 Å². The number of hydrogen-bond donors (Lipinski definition) is 4. The van der Waals surface area contributed by atoms with Crippen molar-refractivity contribution in [1.29, 1.82) is 0 Å². The number of ether oxygens (including phenoxy) is 2. The van der Waals surface area contributed by atoms with E-state index in [-0.39, 0.29) is 31.1 Å². The fourth-order valence-corrected chi connectivity index (χ4v) is 6.20. The summed E-state index contributed by atoms with van der Waals surface area (Å²) in [6, 6.07) is 34.6. The number of amides is 2. The molecule has 1 saturated heterocycles. The number of nitrogens with zero attached hydrogens (tertiary/aromatic N) is 1. The summed E-state index contributed by atoms with van der Waals surface area (Å²) in [6.45, 7) is 1.98. The molecule has 3 atom stereocenters. The van der Waals surface area contributed by atoms with Crippen LogP contribution in [-0.4, -0.2) is 46.7 Å². The number of benzene rings is 4. The van der Waals surface area contributed by atoms with E-state index in [0.29, 0.717) is 32.2 Å². The number of unbranched alkanes of at least 4 members (excludes halogenated alkanes) is 2. The highest BCUT2D eigenvalue weighted by Crippen LogP contribution is 2.39. The molecule has 4 N–H and O–H groups in total. The van der Waals surface area contributed by atoms with Gasteiger partial charge in [0.2, 0.25) is 11.8 Å². The van der Waals surface area contributed by atoms with Crippen molar-refractivity contribution in [2.24, 2.45) is 0 Å². The maximum absolute atomic E-state index is 12.5. The molecule has 1 heterocycles. The highest BCUT2D eigenvalue weighted by molar-refractivity contribution is 5.76. The Morgan fingerprint density at radius 1 is 0.776 bits per heavy atom. The molecule has 1 aliphatic rings. The van der Waals surface area contributed by atoms with E-state index in [1.54, 1.807) is 5.48 Å². The lowest BCUT2D eigenvalue weighted by Gasteiger charge is -2.38. The van der Waals surface area contributed by atoms with Crippen LogP contribution >= 0.6 is 0 Å². The van der Waals surface area contributed by atoms with Gasteiger partial charge < -0.3 is 19.9 Å². The van der Waals surface area contributed by atoms with Crippen LogP contribution in [0.2, 0.25) is 0 Å². The first kappa shape index (κ1) is 35.9. The smallest absolute Gasteiger partial charge is 0.243 e. The summed E-state index contributed by atoms with van der Waals surface area (Å²) in [6.07, 6.45) is 2.62. The molecule has 9 nitrogen and oxygen atoms in total. The normalized spacial score (nSPS) is 17.5. The first-order valence-corrected chi connectivity index (χ1v) is 17.0. The Kier molecular flexibility index (Phi) is 13.5. The van der Waals surface area contributed by atoms with Crippen molar-refractivity contribution in [3.05, 3.63) is 131 Å². The average Bonchev–Trinajstić information content (AvgIpc) is 3.14. The van der Waals surface area contributed by atoms with E-state index in [0.717, 1.165) is 52.9 Å². The van der Waals surface area contributed by atoms with E-state index in [9.17, 15) is 14.7 Å². The molecular formula is C40H47N3O6. The lowest BCUT2D eigenvalue weighted by Crippen LogP contribution is -2.37. The van der Waals surface area contributed by atoms with Crippen molar-refractivity contribution in [3.63, 3.8) is 0 Å². The number of carbonyl (C=O) groups excluding carboxylic acids is 2. The molecule has 1 aliphatic heterocycles. The number of aliphatic hydroxyl groups excluding tert-OH is 1. The van der Waals surface area contributed by atoms with Crippen LogP contribution in [0.3, 0.4) is 0 Å². The Bertz CT molecular complexity index is 1610. The van der Waals surface area contributed by atoms with Gasteiger partial charge >= 0.3 is 0 Å². The molecule has 0 radical (unpaired) electrons. The average molecular weight is 666 g/mol. The van der Waals surface area contributed by atoms with E-state index in [2.05, 4.69) is 59.7 Å². The SMILES string of the molecule is CN(Cc1ccccc1)CC1CC(c2ccc(CO)cc2)OC(c2ccc(-c3ccccc3CNC(=O)CCCCCC(=O)NO)cc2)O1. The minimum absolute atomic E-state index is 0.00133. The quantitative estimate of drug-likeness (QED) is 0.0605. The maximum atomic E-state index is 12.5. The Balaban J connectivity index is 1.24. The number of rotatable bonds is 16. The second kappa shape index (κ2) is 18.4. The molecular weight excluding hydrogens is 618 g/mol. The Morgan fingerprint density at radius 2 is 1.45 bits per heavy atom. The zero-order valence-corrected chi connectivity index (χ0v) is 28.1. The summed E-state index contributed by atoms with van der Waals surface area (Å²) < 4.78 is 13.2. The summed E-state index contributed by atoms with van der Waals surface area (Å²) >= 11 is 0. The van der Waals surface area contributed by atoms with Gasteiger partial charge in [0.1, 0.15) is 0 Å². The number of likely N-dealkylation sites (N-methyl/N-ethyl adjacent to an activating group) is 1. The second-order valence-corrected chi connectivity index (χ2v) is 12.7. The molecule has 0 aromatic heterocycles. The van der Waals surface area contributed by atoms with E-state index in [1.807, 2.05) is 60.7 Å². The molecule has 2 amide bonds. The van der Waals surface area contributed by atoms with E-state index in [4.69, 9.17) is 14.7 Å². The highest BCUT2D eigenvalue weighted by atomic mass is 16.7. The van der Waals surface area contributed by atoms with Crippen LogP contribution in [0.25, 0.3) is 11.1 Å². The molecule has 0 saturated carbocycles.